The zero-order valence-electron chi connectivity index (χ0n) is 11.7. The molecule has 1 saturated heterocycles. The standard InChI is InChI=1S/C14H15F3N4O/c15-14(16,17)9-20-5-7-21(8-6-20)13(22)12-10-3-1-2-4-11(10)18-19-12/h1-4H,5-9H2,(H,18,19). The fraction of sp³-hybridized carbons (Fsp3) is 0.429. The Hall–Kier alpha value is -2.09. The number of fused-ring (bicyclic) bond motifs is 1. The number of aromatic nitrogens is 2. The number of nitrogens with zero attached hydrogens (tertiary/aromatic N) is 3. The molecule has 0 saturated carbocycles. The SMILES string of the molecule is O=C(c1n[nH]c2ccccc12)N1CCN(CC(F)(F)F)CC1. The Kier molecular flexibility index (Phi) is 3.78. The number of nitrogens with one attached hydrogen (secondary N) is 1. The summed E-state index contributed by atoms with van der Waals surface area (Å²) >= 11 is 0. The molecule has 1 N–H and O–H groups in total. The van der Waals surface area contributed by atoms with Gasteiger partial charge in [0.05, 0.1) is 12.1 Å². The minimum Gasteiger partial charge on any atom is -0.335 e. The molecule has 5 nitrogen and oxygen atoms in total. The number of aromatic amines is 1. The molecule has 8 heteroatoms. The number of carbonyl (C=O) groups is 1. The molecular weight excluding hydrogens is 297 g/mol. The molecular formula is C14H15F3N4O. The van der Waals surface area contributed by atoms with Crippen LogP contribution in [0.15, 0.2) is 24.3 Å². The van der Waals surface area contributed by atoms with Crippen LogP contribution < -0.4 is 0 Å². The van der Waals surface area contributed by atoms with Crippen LogP contribution >= 0.6 is 0 Å². The van der Waals surface area contributed by atoms with Gasteiger partial charge in [-0.3, -0.25) is 14.8 Å². The molecule has 118 valence electrons. The maximum atomic E-state index is 12.5. The van der Waals surface area contributed by atoms with Crippen molar-refractivity contribution in [1.82, 2.24) is 20.0 Å². The van der Waals surface area contributed by atoms with E-state index in [0.29, 0.717) is 5.69 Å². The van der Waals surface area contributed by atoms with E-state index < -0.39 is 12.7 Å². The highest BCUT2D eigenvalue weighted by Gasteiger charge is 2.33. The predicted molar refractivity (Wildman–Crippen MR) is 74.5 cm³/mol. The first-order valence-electron chi connectivity index (χ1n) is 6.95. The van der Waals surface area contributed by atoms with Crippen LogP contribution in [0.4, 0.5) is 13.2 Å². The number of halogens is 3. The average molecular weight is 312 g/mol. The van der Waals surface area contributed by atoms with Crippen LogP contribution in [0.1, 0.15) is 10.5 Å². The molecule has 0 radical (unpaired) electrons. The van der Waals surface area contributed by atoms with Gasteiger partial charge in [0.15, 0.2) is 5.69 Å². The number of H-pyrrole nitrogens is 1. The summed E-state index contributed by atoms with van der Waals surface area (Å²) in [6.07, 6.45) is -4.20. The number of rotatable bonds is 2. The zero-order valence-corrected chi connectivity index (χ0v) is 11.7. The first kappa shape index (κ1) is 14.8. The number of piperazine rings is 1. The summed E-state index contributed by atoms with van der Waals surface area (Å²) < 4.78 is 37.1. The quantitative estimate of drug-likeness (QED) is 0.921. The van der Waals surface area contributed by atoms with Crippen LogP contribution in [0.2, 0.25) is 0 Å². The first-order valence-corrected chi connectivity index (χ1v) is 6.95. The first-order chi connectivity index (χ1) is 10.4. The number of amides is 1. The molecule has 3 rings (SSSR count). The Balaban J connectivity index is 1.67. The number of hydrogen-bond acceptors (Lipinski definition) is 3. The van der Waals surface area contributed by atoms with Crippen LogP contribution in [0.25, 0.3) is 10.9 Å². The molecule has 1 amide bonds. The number of carbonyl (C=O) groups excluding carboxylic acids is 1. The molecule has 1 fully saturated rings. The molecule has 2 heterocycles. The molecule has 0 unspecified atom stereocenters. The van der Waals surface area contributed by atoms with E-state index in [2.05, 4.69) is 10.2 Å². The lowest BCUT2D eigenvalue weighted by molar-refractivity contribution is -0.148. The highest BCUT2D eigenvalue weighted by atomic mass is 19.4. The number of hydrogen-bond donors (Lipinski definition) is 1. The maximum Gasteiger partial charge on any atom is 0.401 e. The Morgan fingerprint density at radius 3 is 2.55 bits per heavy atom. The van der Waals surface area contributed by atoms with E-state index in [-0.39, 0.29) is 32.1 Å². The van der Waals surface area contributed by atoms with Gasteiger partial charge in [0.25, 0.3) is 5.91 Å². The number of benzene rings is 1. The second kappa shape index (κ2) is 5.60. The Bertz CT molecular complexity index is 674. The van der Waals surface area contributed by atoms with E-state index in [9.17, 15) is 18.0 Å². The van der Waals surface area contributed by atoms with Gasteiger partial charge in [0, 0.05) is 31.6 Å². The van der Waals surface area contributed by atoms with Crippen LogP contribution in [0.5, 0.6) is 0 Å². The molecule has 1 aromatic heterocycles. The third kappa shape index (κ3) is 3.06. The highest BCUT2D eigenvalue weighted by Crippen LogP contribution is 2.20. The van der Waals surface area contributed by atoms with Crippen molar-refractivity contribution in [1.29, 1.82) is 0 Å². The molecule has 0 aliphatic carbocycles. The minimum absolute atomic E-state index is 0.216. The van der Waals surface area contributed by atoms with Crippen molar-refractivity contribution in [3.05, 3.63) is 30.0 Å². The summed E-state index contributed by atoms with van der Waals surface area (Å²) in [6.45, 7) is 0.0494. The summed E-state index contributed by atoms with van der Waals surface area (Å²) in [5.74, 6) is -0.246. The van der Waals surface area contributed by atoms with Gasteiger partial charge in [-0.1, -0.05) is 18.2 Å². The summed E-state index contributed by atoms with van der Waals surface area (Å²) in [5.41, 5.74) is 1.08. The second-order valence-electron chi connectivity index (χ2n) is 5.30. The summed E-state index contributed by atoms with van der Waals surface area (Å²) in [7, 11) is 0. The monoisotopic (exact) mass is 312 g/mol. The van der Waals surface area contributed by atoms with Crippen molar-refractivity contribution in [2.45, 2.75) is 6.18 Å². The fourth-order valence-electron chi connectivity index (χ4n) is 2.64. The summed E-state index contributed by atoms with van der Waals surface area (Å²) in [4.78, 5) is 15.3. The van der Waals surface area contributed by atoms with Crippen LogP contribution in [-0.4, -0.2) is 64.8 Å². The van der Waals surface area contributed by atoms with Gasteiger partial charge < -0.3 is 4.90 Å². The smallest absolute Gasteiger partial charge is 0.335 e. The second-order valence-corrected chi connectivity index (χ2v) is 5.30. The summed E-state index contributed by atoms with van der Waals surface area (Å²) in [6, 6.07) is 7.27. The van der Waals surface area contributed by atoms with E-state index in [1.165, 1.54) is 4.90 Å². The number of alkyl halides is 3. The molecule has 2 aromatic rings. The van der Waals surface area contributed by atoms with Crippen LogP contribution in [-0.2, 0) is 0 Å². The van der Waals surface area contributed by atoms with E-state index in [4.69, 9.17) is 0 Å². The van der Waals surface area contributed by atoms with E-state index in [1.807, 2.05) is 18.2 Å². The minimum atomic E-state index is -4.20. The van der Waals surface area contributed by atoms with Gasteiger partial charge in [0.1, 0.15) is 0 Å². The van der Waals surface area contributed by atoms with Crippen molar-refractivity contribution >= 4 is 16.8 Å². The fourth-order valence-corrected chi connectivity index (χ4v) is 2.64. The van der Waals surface area contributed by atoms with Gasteiger partial charge in [-0.25, -0.2) is 0 Å². The number of para-hydroxylation sites is 1. The summed E-state index contributed by atoms with van der Waals surface area (Å²) in [5, 5.41) is 7.56. The van der Waals surface area contributed by atoms with E-state index >= 15 is 0 Å². The van der Waals surface area contributed by atoms with Crippen molar-refractivity contribution in [3.8, 4) is 0 Å². The average Bonchev–Trinajstić information content (AvgIpc) is 2.89. The Morgan fingerprint density at radius 2 is 1.86 bits per heavy atom. The maximum absolute atomic E-state index is 12.5. The lowest BCUT2D eigenvalue weighted by atomic mass is 10.2. The van der Waals surface area contributed by atoms with Crippen LogP contribution in [0, 0.1) is 0 Å². The third-order valence-electron chi connectivity index (χ3n) is 3.74. The topological polar surface area (TPSA) is 52.2 Å². The van der Waals surface area contributed by atoms with Crippen LogP contribution in [0.3, 0.4) is 0 Å². The molecule has 1 aliphatic rings. The van der Waals surface area contributed by atoms with Crippen molar-refractivity contribution in [3.63, 3.8) is 0 Å². The normalized spacial score (nSPS) is 17.1. The molecule has 0 spiro atoms. The van der Waals surface area contributed by atoms with Gasteiger partial charge in [-0.2, -0.15) is 18.3 Å². The van der Waals surface area contributed by atoms with Crippen molar-refractivity contribution in [2.75, 3.05) is 32.7 Å². The van der Waals surface area contributed by atoms with Crippen molar-refractivity contribution in [2.24, 2.45) is 0 Å². The van der Waals surface area contributed by atoms with Gasteiger partial charge >= 0.3 is 6.18 Å². The lowest BCUT2D eigenvalue weighted by Crippen LogP contribution is -2.51. The molecule has 22 heavy (non-hydrogen) atoms. The molecule has 1 aliphatic heterocycles. The predicted octanol–water partition coefficient (Wildman–Crippen LogP) is 1.88. The lowest BCUT2D eigenvalue weighted by Gasteiger charge is -2.34. The van der Waals surface area contributed by atoms with Gasteiger partial charge in [-0.05, 0) is 6.07 Å². The molecule has 1 aromatic carbocycles. The third-order valence-corrected chi connectivity index (χ3v) is 3.74. The van der Waals surface area contributed by atoms with E-state index in [1.54, 1.807) is 11.0 Å². The highest BCUT2D eigenvalue weighted by molar-refractivity contribution is 6.04. The Morgan fingerprint density at radius 1 is 1.18 bits per heavy atom. The van der Waals surface area contributed by atoms with Gasteiger partial charge in [-0.15, -0.1) is 0 Å². The molecule has 0 atom stereocenters. The Labute approximate surface area is 124 Å². The zero-order chi connectivity index (χ0) is 15.7. The van der Waals surface area contributed by atoms with Crippen molar-refractivity contribution < 1.29 is 18.0 Å². The molecule has 0 bridgehead atoms. The largest absolute Gasteiger partial charge is 0.401 e. The van der Waals surface area contributed by atoms with E-state index in [0.717, 1.165) is 10.9 Å². The van der Waals surface area contributed by atoms with Gasteiger partial charge in [0.2, 0.25) is 0 Å².